The molecule has 154 valence electrons. The summed E-state index contributed by atoms with van der Waals surface area (Å²) in [4.78, 5) is 22.8. The predicted octanol–water partition coefficient (Wildman–Crippen LogP) is 3.58. The molecule has 2 aliphatic rings. The van der Waals surface area contributed by atoms with Crippen molar-refractivity contribution in [1.29, 1.82) is 0 Å². The summed E-state index contributed by atoms with van der Waals surface area (Å²) in [5.41, 5.74) is -0.409. The van der Waals surface area contributed by atoms with Crippen LogP contribution in [-0.4, -0.2) is 46.6 Å². The molecule has 9 heteroatoms. The lowest BCUT2D eigenvalue weighted by molar-refractivity contribution is -0.137. The number of methoxy groups -OCH3 is 1. The van der Waals surface area contributed by atoms with Gasteiger partial charge in [-0.3, -0.25) is 4.79 Å². The Kier molecular flexibility index (Phi) is 5.06. The van der Waals surface area contributed by atoms with Crippen molar-refractivity contribution in [3.05, 3.63) is 47.8 Å². The lowest BCUT2D eigenvalue weighted by Gasteiger charge is -2.35. The van der Waals surface area contributed by atoms with Crippen LogP contribution in [0, 0.1) is 5.92 Å². The van der Waals surface area contributed by atoms with Gasteiger partial charge in [0, 0.05) is 18.4 Å². The van der Waals surface area contributed by atoms with Crippen LogP contribution in [0.4, 0.5) is 13.2 Å². The second kappa shape index (κ2) is 7.53. The number of carbonyl (C=O) groups excluding carboxylic acids is 1. The Morgan fingerprint density at radius 3 is 2.69 bits per heavy atom. The van der Waals surface area contributed by atoms with Crippen LogP contribution in [0.3, 0.4) is 0 Å². The molecule has 1 aromatic heterocycles. The number of fused-ring (bicyclic) bond motifs is 2. The topological polar surface area (TPSA) is 64.5 Å². The summed E-state index contributed by atoms with van der Waals surface area (Å²) in [6.07, 6.45) is 1.18. The number of halogens is 3. The van der Waals surface area contributed by atoms with Gasteiger partial charge in [0.25, 0.3) is 5.91 Å². The van der Waals surface area contributed by atoms with Crippen LogP contribution < -0.4 is 9.47 Å². The average molecular weight is 407 g/mol. The Hall–Kier alpha value is -2.84. The third kappa shape index (κ3) is 3.86. The SMILES string of the molecule is COc1ncc(C(=O)N2[C@@H]3CC[C@H](C3)[C@@H]2COc2cccc(C(F)(F)F)c2)cn1. The quantitative estimate of drug-likeness (QED) is 0.758. The van der Waals surface area contributed by atoms with Crippen molar-refractivity contribution in [2.24, 2.45) is 5.92 Å². The maximum atomic E-state index is 13.0. The number of hydrogen-bond donors (Lipinski definition) is 0. The van der Waals surface area contributed by atoms with Crippen LogP contribution in [0.1, 0.15) is 35.2 Å². The van der Waals surface area contributed by atoms with E-state index in [1.807, 2.05) is 0 Å². The first-order valence-corrected chi connectivity index (χ1v) is 9.35. The molecule has 2 bridgehead atoms. The van der Waals surface area contributed by atoms with Gasteiger partial charge in [-0.05, 0) is 43.4 Å². The summed E-state index contributed by atoms with van der Waals surface area (Å²) in [5.74, 6) is 0.217. The third-order valence-electron chi connectivity index (χ3n) is 5.61. The fraction of sp³-hybridized carbons (Fsp3) is 0.450. The molecule has 6 nitrogen and oxygen atoms in total. The number of alkyl halides is 3. The molecular weight excluding hydrogens is 387 g/mol. The first kappa shape index (κ1) is 19.5. The second-order valence-electron chi connectivity index (χ2n) is 7.30. The Morgan fingerprint density at radius 2 is 2.00 bits per heavy atom. The van der Waals surface area contributed by atoms with Crippen molar-refractivity contribution in [2.75, 3.05) is 13.7 Å². The van der Waals surface area contributed by atoms with E-state index < -0.39 is 11.7 Å². The third-order valence-corrected chi connectivity index (χ3v) is 5.61. The van der Waals surface area contributed by atoms with Crippen LogP contribution in [0.25, 0.3) is 0 Å². The van der Waals surface area contributed by atoms with Crippen molar-refractivity contribution >= 4 is 5.91 Å². The van der Waals surface area contributed by atoms with Gasteiger partial charge >= 0.3 is 12.2 Å². The summed E-state index contributed by atoms with van der Waals surface area (Å²) < 4.78 is 49.3. The molecule has 1 aromatic carbocycles. The first-order chi connectivity index (χ1) is 13.9. The standard InChI is InChI=1S/C20H20F3N3O3/c1-28-19-24-9-13(10-25-19)18(27)26-15-6-5-12(7-15)17(26)11-29-16-4-2-3-14(8-16)20(21,22)23/h2-4,8-10,12,15,17H,5-7,11H2,1H3/t12-,15-,17+/m1/s1. The minimum absolute atomic E-state index is 0.102. The summed E-state index contributed by atoms with van der Waals surface area (Å²) in [6.45, 7) is 0.144. The second-order valence-corrected chi connectivity index (χ2v) is 7.30. The Balaban J connectivity index is 1.49. The van der Waals surface area contributed by atoms with Crippen LogP contribution in [-0.2, 0) is 6.18 Å². The van der Waals surface area contributed by atoms with E-state index in [0.29, 0.717) is 5.56 Å². The minimum atomic E-state index is -4.43. The number of aromatic nitrogens is 2. The average Bonchev–Trinajstić information content (AvgIpc) is 3.33. The molecule has 0 radical (unpaired) electrons. The van der Waals surface area contributed by atoms with Gasteiger partial charge in [-0.15, -0.1) is 0 Å². The van der Waals surface area contributed by atoms with E-state index in [-0.39, 0.29) is 42.3 Å². The van der Waals surface area contributed by atoms with Gasteiger partial charge in [0.2, 0.25) is 0 Å². The van der Waals surface area contributed by atoms with Crippen LogP contribution in [0.5, 0.6) is 11.8 Å². The molecule has 0 spiro atoms. The molecule has 3 atom stereocenters. The van der Waals surface area contributed by atoms with Gasteiger partial charge < -0.3 is 14.4 Å². The maximum absolute atomic E-state index is 13.0. The summed E-state index contributed by atoms with van der Waals surface area (Å²) in [7, 11) is 1.44. The highest BCUT2D eigenvalue weighted by Crippen LogP contribution is 2.43. The van der Waals surface area contributed by atoms with Gasteiger partial charge in [0.1, 0.15) is 12.4 Å². The highest BCUT2D eigenvalue weighted by atomic mass is 19.4. The van der Waals surface area contributed by atoms with E-state index in [1.54, 1.807) is 4.90 Å². The normalized spacial score (nSPS) is 23.3. The molecule has 2 heterocycles. The largest absolute Gasteiger partial charge is 0.491 e. The number of hydrogen-bond acceptors (Lipinski definition) is 5. The first-order valence-electron chi connectivity index (χ1n) is 9.35. The van der Waals surface area contributed by atoms with E-state index in [9.17, 15) is 18.0 Å². The number of piperidine rings is 1. The fourth-order valence-electron chi connectivity index (χ4n) is 4.25. The monoisotopic (exact) mass is 407 g/mol. The van der Waals surface area contributed by atoms with Crippen molar-refractivity contribution in [3.63, 3.8) is 0 Å². The van der Waals surface area contributed by atoms with Gasteiger partial charge in [-0.2, -0.15) is 13.2 Å². The van der Waals surface area contributed by atoms with Gasteiger partial charge in [0.05, 0.1) is 24.3 Å². The van der Waals surface area contributed by atoms with Gasteiger partial charge in [-0.1, -0.05) is 6.07 Å². The number of amides is 1. The van der Waals surface area contributed by atoms with E-state index in [0.717, 1.165) is 31.4 Å². The maximum Gasteiger partial charge on any atom is 0.416 e. The van der Waals surface area contributed by atoms with Gasteiger partial charge in [-0.25, -0.2) is 9.97 Å². The minimum Gasteiger partial charge on any atom is -0.491 e. The molecule has 0 N–H and O–H groups in total. The molecule has 29 heavy (non-hydrogen) atoms. The zero-order valence-electron chi connectivity index (χ0n) is 15.7. The van der Waals surface area contributed by atoms with Gasteiger partial charge in [0.15, 0.2) is 0 Å². The van der Waals surface area contributed by atoms with Crippen molar-refractivity contribution in [2.45, 2.75) is 37.5 Å². The van der Waals surface area contributed by atoms with Crippen molar-refractivity contribution in [1.82, 2.24) is 14.9 Å². The van der Waals surface area contributed by atoms with Crippen LogP contribution in [0.15, 0.2) is 36.7 Å². The number of rotatable bonds is 5. The lowest BCUT2D eigenvalue weighted by Crippen LogP contribution is -2.47. The number of carbonyl (C=O) groups is 1. The highest BCUT2D eigenvalue weighted by Gasteiger charge is 2.48. The molecular formula is C20H20F3N3O3. The molecule has 1 aliphatic heterocycles. The van der Waals surface area contributed by atoms with E-state index in [4.69, 9.17) is 9.47 Å². The van der Waals surface area contributed by atoms with E-state index in [1.165, 1.54) is 31.6 Å². The predicted molar refractivity (Wildman–Crippen MR) is 96.6 cm³/mol. The number of nitrogens with zero attached hydrogens (tertiary/aromatic N) is 3. The Bertz CT molecular complexity index is 889. The van der Waals surface area contributed by atoms with Crippen LogP contribution in [0.2, 0.25) is 0 Å². The summed E-state index contributed by atoms with van der Waals surface area (Å²) >= 11 is 0. The number of benzene rings is 1. The molecule has 2 fully saturated rings. The lowest BCUT2D eigenvalue weighted by atomic mass is 9.99. The van der Waals surface area contributed by atoms with E-state index in [2.05, 4.69) is 9.97 Å². The molecule has 2 aromatic rings. The number of likely N-dealkylation sites (tertiary alicyclic amines) is 1. The zero-order chi connectivity index (χ0) is 20.6. The fourth-order valence-corrected chi connectivity index (χ4v) is 4.25. The number of ether oxygens (including phenoxy) is 2. The molecule has 4 rings (SSSR count). The molecule has 1 saturated carbocycles. The molecule has 1 amide bonds. The Morgan fingerprint density at radius 1 is 1.24 bits per heavy atom. The smallest absolute Gasteiger partial charge is 0.416 e. The van der Waals surface area contributed by atoms with Crippen molar-refractivity contribution < 1.29 is 27.4 Å². The zero-order valence-corrected chi connectivity index (χ0v) is 15.7. The molecule has 1 saturated heterocycles. The van der Waals surface area contributed by atoms with Crippen LogP contribution >= 0.6 is 0 Å². The van der Waals surface area contributed by atoms with E-state index >= 15 is 0 Å². The Labute approximate surface area is 165 Å². The molecule has 1 aliphatic carbocycles. The highest BCUT2D eigenvalue weighted by molar-refractivity contribution is 5.94. The summed E-state index contributed by atoms with van der Waals surface area (Å²) in [6, 6.07) is 4.87. The van der Waals surface area contributed by atoms with Crippen molar-refractivity contribution in [3.8, 4) is 11.8 Å². The summed E-state index contributed by atoms with van der Waals surface area (Å²) in [5, 5.41) is 0. The molecule has 0 unspecified atom stereocenters.